The van der Waals surface area contributed by atoms with E-state index < -0.39 is 0 Å². The van der Waals surface area contributed by atoms with Gasteiger partial charge in [-0.15, -0.1) is 0 Å². The molecule has 0 spiro atoms. The van der Waals surface area contributed by atoms with Crippen LogP contribution < -0.4 is 0 Å². The van der Waals surface area contributed by atoms with E-state index >= 15 is 0 Å². The van der Waals surface area contributed by atoms with Crippen LogP contribution in [0.2, 0.25) is 0 Å². The lowest BCUT2D eigenvalue weighted by Crippen LogP contribution is -2.35. The molecule has 0 bridgehead atoms. The van der Waals surface area contributed by atoms with Crippen LogP contribution in [-0.4, -0.2) is 0 Å². The second-order valence-electron chi connectivity index (χ2n) is 20.6. The molecular formula is C56H72Br2. The molecule has 4 unspecified atom stereocenters. The highest BCUT2D eigenvalue weighted by atomic mass is 79.9. The van der Waals surface area contributed by atoms with Gasteiger partial charge in [0.1, 0.15) is 0 Å². The average molecular weight is 905 g/mol. The fourth-order valence-electron chi connectivity index (χ4n) is 11.6. The molecule has 0 saturated carbocycles. The minimum absolute atomic E-state index is 0.0902. The van der Waals surface area contributed by atoms with Crippen molar-refractivity contribution in [2.24, 2.45) is 11.8 Å². The zero-order chi connectivity index (χ0) is 41.3. The van der Waals surface area contributed by atoms with E-state index in [0.717, 1.165) is 0 Å². The predicted octanol–water partition coefficient (Wildman–Crippen LogP) is 17.5. The summed E-state index contributed by atoms with van der Waals surface area (Å²) in [4.78, 5) is 0. The molecular weight excluding hydrogens is 832 g/mol. The number of rotatable bonds is 16. The molecule has 4 aliphatic carbocycles. The van der Waals surface area contributed by atoms with Crippen LogP contribution in [0.1, 0.15) is 202 Å². The fraction of sp³-hybridized carbons (Fsp3) is 0.536. The van der Waals surface area contributed by atoms with Crippen LogP contribution in [0, 0.1) is 11.8 Å². The molecule has 4 atom stereocenters. The maximum atomic E-state index is 4.02. The Hall–Kier alpha value is -2.42. The highest BCUT2D eigenvalue weighted by Gasteiger charge is 2.57. The summed E-state index contributed by atoms with van der Waals surface area (Å²) < 4.78 is 2.46. The van der Waals surface area contributed by atoms with Crippen LogP contribution in [0.15, 0.2) is 106 Å². The molecule has 7 rings (SSSR count). The molecule has 3 aromatic carbocycles. The summed E-state index contributed by atoms with van der Waals surface area (Å²) in [5, 5.41) is 0. The quantitative estimate of drug-likeness (QED) is 0.126. The molecule has 0 N–H and O–H groups in total. The van der Waals surface area contributed by atoms with E-state index in [0.29, 0.717) is 17.8 Å². The third kappa shape index (κ3) is 8.30. The molecule has 310 valence electrons. The molecule has 0 aliphatic heterocycles. The van der Waals surface area contributed by atoms with Gasteiger partial charge in [-0.3, -0.25) is 0 Å². The van der Waals surface area contributed by atoms with Crippen molar-refractivity contribution in [1.29, 1.82) is 0 Å². The van der Waals surface area contributed by atoms with E-state index in [1.54, 1.807) is 16.7 Å². The van der Waals surface area contributed by atoms with E-state index in [1.807, 2.05) is 0 Å². The monoisotopic (exact) mass is 902 g/mol. The van der Waals surface area contributed by atoms with Gasteiger partial charge in [0.15, 0.2) is 0 Å². The molecule has 58 heavy (non-hydrogen) atoms. The first-order valence-corrected chi connectivity index (χ1v) is 24.9. The topological polar surface area (TPSA) is 0 Å². The zero-order valence-corrected chi connectivity index (χ0v) is 40.4. The Kier molecular flexibility index (Phi) is 13.5. The van der Waals surface area contributed by atoms with Gasteiger partial charge in [-0.25, -0.2) is 0 Å². The number of hydrogen-bond acceptors (Lipinski definition) is 0. The highest BCUT2D eigenvalue weighted by molar-refractivity contribution is 9.12. The Balaban J connectivity index is 1.44. The summed E-state index contributed by atoms with van der Waals surface area (Å²) in [6, 6.07) is 25.2. The number of benzene rings is 3. The molecule has 0 saturated heterocycles. The van der Waals surface area contributed by atoms with Crippen LogP contribution in [-0.2, 0) is 21.7 Å². The van der Waals surface area contributed by atoms with Crippen LogP contribution in [0.3, 0.4) is 0 Å². The Bertz CT molecular complexity index is 1930. The maximum Gasteiger partial charge on any atom is 0.0526 e. The van der Waals surface area contributed by atoms with Crippen LogP contribution in [0.5, 0.6) is 0 Å². The summed E-state index contributed by atoms with van der Waals surface area (Å²) in [6.07, 6.45) is 33.7. The third-order valence-electron chi connectivity index (χ3n) is 14.8. The van der Waals surface area contributed by atoms with E-state index in [4.69, 9.17) is 0 Å². The minimum atomic E-state index is -0.334. The van der Waals surface area contributed by atoms with Crippen molar-refractivity contribution in [2.45, 2.75) is 179 Å². The molecule has 4 aliphatic rings. The van der Waals surface area contributed by atoms with Crippen molar-refractivity contribution in [2.75, 3.05) is 0 Å². The standard InChI is InChI=1S/C56H72Br2/c1-9-11-13-15-17-19-33-55(34-20-18-16-14-12-10-2)49-35-43(57)29-31-45(49)47-38-52-48(37-50(47)55)46-32-30-44(58)36-51(46)56(52,41-25-21-39(22-26-41)53(3,4)5)42-27-23-40(24-28-42)54(6,7)8/h21-32,35-38,45-46,49,51H,9-20,33-34H2,1-8H3. The van der Waals surface area contributed by atoms with Gasteiger partial charge in [0.05, 0.1) is 5.41 Å². The van der Waals surface area contributed by atoms with E-state index in [2.05, 4.69) is 184 Å². The van der Waals surface area contributed by atoms with Crippen LogP contribution in [0.4, 0.5) is 0 Å². The Labute approximate surface area is 370 Å². The predicted molar refractivity (Wildman–Crippen MR) is 259 cm³/mol. The number of halogens is 2. The number of allylic oxidation sites excluding steroid dienone is 8. The first kappa shape index (κ1) is 43.7. The van der Waals surface area contributed by atoms with Crippen molar-refractivity contribution in [3.8, 4) is 0 Å². The number of fused-ring (bicyclic) bond motifs is 6. The second-order valence-corrected chi connectivity index (χ2v) is 22.4. The largest absolute Gasteiger partial charge is 0.0753 e. The van der Waals surface area contributed by atoms with Gasteiger partial charge < -0.3 is 0 Å². The van der Waals surface area contributed by atoms with E-state index in [9.17, 15) is 0 Å². The lowest BCUT2D eigenvalue weighted by molar-refractivity contribution is 0.263. The SMILES string of the molecule is CCCCCCCCC1(CCCCCCCC)c2cc3c(cc2C2C=CC(Br)=CC21)C(c1ccc(C(C)(C)C)cc1)(c1ccc(C(C)(C)C)cc1)C1C=C(Br)C=CC31. The molecule has 3 aromatic rings. The molecule has 0 aromatic heterocycles. The first-order chi connectivity index (χ1) is 27.8. The van der Waals surface area contributed by atoms with Crippen molar-refractivity contribution < 1.29 is 0 Å². The molecule has 2 heteroatoms. The van der Waals surface area contributed by atoms with Crippen LogP contribution in [0.25, 0.3) is 0 Å². The Morgan fingerprint density at radius 3 is 1.36 bits per heavy atom. The van der Waals surface area contributed by atoms with Gasteiger partial charge in [0, 0.05) is 32.1 Å². The van der Waals surface area contributed by atoms with Gasteiger partial charge >= 0.3 is 0 Å². The first-order valence-electron chi connectivity index (χ1n) is 23.3. The van der Waals surface area contributed by atoms with Gasteiger partial charge in [-0.05, 0) is 74.1 Å². The maximum absolute atomic E-state index is 4.02. The van der Waals surface area contributed by atoms with Crippen molar-refractivity contribution >= 4 is 31.9 Å². The summed E-state index contributed by atoms with van der Waals surface area (Å²) in [5.74, 6) is 1.43. The van der Waals surface area contributed by atoms with Gasteiger partial charge in [0.2, 0.25) is 0 Å². The second kappa shape index (κ2) is 17.9. The van der Waals surface area contributed by atoms with Crippen molar-refractivity contribution in [3.63, 3.8) is 0 Å². The normalized spacial score (nSPS) is 22.6. The third-order valence-corrected chi connectivity index (χ3v) is 15.8. The molecule has 0 fully saturated rings. The highest BCUT2D eigenvalue weighted by Crippen LogP contribution is 2.65. The van der Waals surface area contributed by atoms with E-state index in [1.165, 1.54) is 127 Å². The van der Waals surface area contributed by atoms with Crippen molar-refractivity contribution in [1.82, 2.24) is 0 Å². The number of unbranched alkanes of at least 4 members (excludes halogenated alkanes) is 10. The minimum Gasteiger partial charge on any atom is -0.0753 e. The molecule has 0 radical (unpaired) electrons. The smallest absolute Gasteiger partial charge is 0.0526 e. The van der Waals surface area contributed by atoms with Crippen molar-refractivity contribution in [3.05, 3.63) is 151 Å². The lowest BCUT2D eigenvalue weighted by Gasteiger charge is -2.40. The molecule has 0 amide bonds. The Morgan fingerprint density at radius 2 is 0.897 bits per heavy atom. The van der Waals surface area contributed by atoms with Gasteiger partial charge in [-0.2, -0.15) is 0 Å². The van der Waals surface area contributed by atoms with Gasteiger partial charge in [0.25, 0.3) is 0 Å². The number of hydrogen-bond donors (Lipinski definition) is 0. The summed E-state index contributed by atoms with van der Waals surface area (Å²) in [5.41, 5.74) is 11.9. The average Bonchev–Trinajstić information content (AvgIpc) is 3.62. The molecule has 0 heterocycles. The van der Waals surface area contributed by atoms with E-state index in [-0.39, 0.29) is 27.6 Å². The summed E-state index contributed by atoms with van der Waals surface area (Å²) in [6.45, 7) is 18.7. The van der Waals surface area contributed by atoms with Crippen LogP contribution >= 0.6 is 31.9 Å². The lowest BCUT2D eigenvalue weighted by atomic mass is 9.62. The fourth-order valence-corrected chi connectivity index (χ4v) is 12.5. The Morgan fingerprint density at radius 1 is 0.500 bits per heavy atom. The summed E-state index contributed by atoms with van der Waals surface area (Å²) in [7, 11) is 0. The summed E-state index contributed by atoms with van der Waals surface area (Å²) >= 11 is 8.04. The molecule has 0 nitrogen and oxygen atoms in total. The van der Waals surface area contributed by atoms with Gasteiger partial charge in [-0.1, -0.05) is 261 Å². The zero-order valence-electron chi connectivity index (χ0n) is 37.2.